The molecule has 1 saturated heterocycles. The lowest BCUT2D eigenvalue weighted by atomic mass is 9.93. The topological polar surface area (TPSA) is 145 Å². The van der Waals surface area contributed by atoms with Gasteiger partial charge in [-0.1, -0.05) is 64.1 Å². The third kappa shape index (κ3) is 12.5. The number of β-amino-alcohol motifs (C(OH)–C–C–N with tert-alkyl or cyclic N) is 1. The molecule has 2 aromatic carbocycles. The number of aromatic nitrogens is 1. The Morgan fingerprint density at radius 1 is 1.00 bits per heavy atom. The summed E-state index contributed by atoms with van der Waals surface area (Å²) in [5.74, 6) is 0.763. The van der Waals surface area contributed by atoms with Crippen LogP contribution in [0.5, 0.6) is 11.5 Å². The summed E-state index contributed by atoms with van der Waals surface area (Å²) in [6.45, 7) is 16.9. The first-order chi connectivity index (χ1) is 26.1. The Morgan fingerprint density at radius 2 is 1.75 bits per heavy atom. The summed E-state index contributed by atoms with van der Waals surface area (Å²) < 4.78 is 11.1. The normalized spacial score (nSPS) is 17.9. The van der Waals surface area contributed by atoms with Crippen LogP contribution < -0.4 is 25.4 Å². The molecule has 13 heteroatoms. The maximum absolute atomic E-state index is 14.0. The van der Waals surface area contributed by atoms with Crippen LogP contribution in [0.25, 0.3) is 0 Å². The second kappa shape index (κ2) is 19.2. The van der Waals surface area contributed by atoms with Crippen molar-refractivity contribution in [1.29, 1.82) is 0 Å². The molecule has 5 rings (SSSR count). The van der Waals surface area contributed by atoms with Gasteiger partial charge in [-0.2, -0.15) is 0 Å². The van der Waals surface area contributed by atoms with Crippen molar-refractivity contribution in [3.63, 3.8) is 0 Å². The van der Waals surface area contributed by atoms with E-state index in [1.165, 1.54) is 0 Å². The molecular formula is C42H60N6O6S. The predicted octanol–water partition coefficient (Wildman–Crippen LogP) is 4.51. The summed E-state index contributed by atoms with van der Waals surface area (Å²) in [4.78, 5) is 49.6. The number of aliphatic hydroxyl groups is 1. The van der Waals surface area contributed by atoms with Gasteiger partial charge in [-0.15, -0.1) is 11.3 Å². The Hall–Kier alpha value is -4.04. The number of carbonyl (C=O) groups is 3. The molecule has 0 spiro atoms. The summed E-state index contributed by atoms with van der Waals surface area (Å²) in [6, 6.07) is 14.5. The van der Waals surface area contributed by atoms with Crippen LogP contribution in [0.3, 0.4) is 0 Å². The first-order valence-corrected chi connectivity index (χ1v) is 20.4. The minimum absolute atomic E-state index is 0.0646. The number of nitrogens with one attached hydrogen (secondary N) is 3. The highest BCUT2D eigenvalue weighted by Gasteiger charge is 2.37. The first kappa shape index (κ1) is 42.1. The Kier molecular flexibility index (Phi) is 14.7. The van der Waals surface area contributed by atoms with E-state index < -0.39 is 29.6 Å². The molecule has 55 heavy (non-hydrogen) atoms. The van der Waals surface area contributed by atoms with Crippen molar-refractivity contribution in [2.75, 3.05) is 39.5 Å². The SMILES string of the molecule is CC(C)c1nc(CCC(=O)NC[C@@H](C(=O)N[C@H](Cc2ccccc2)[C@@H](O)CN2CCN(Cc3ccc4c(c3)OCO4)C[C@@H]2C(=O)NC(C)(C)C)C(C)C)cs1. The molecule has 1 fully saturated rings. The van der Waals surface area contributed by atoms with E-state index in [0.717, 1.165) is 33.3 Å². The van der Waals surface area contributed by atoms with Gasteiger partial charge < -0.3 is 30.5 Å². The van der Waals surface area contributed by atoms with Crippen LogP contribution in [0.4, 0.5) is 0 Å². The lowest BCUT2D eigenvalue weighted by molar-refractivity contribution is -0.133. The van der Waals surface area contributed by atoms with Crippen LogP contribution in [-0.4, -0.2) is 101 Å². The van der Waals surface area contributed by atoms with Gasteiger partial charge in [-0.3, -0.25) is 24.2 Å². The van der Waals surface area contributed by atoms with E-state index >= 15 is 0 Å². The number of hydrogen-bond acceptors (Lipinski definition) is 10. The molecule has 4 N–H and O–H groups in total. The second-order valence-corrected chi connectivity index (χ2v) is 17.4. The zero-order valence-corrected chi connectivity index (χ0v) is 34.3. The van der Waals surface area contributed by atoms with Crippen molar-refractivity contribution in [3.8, 4) is 11.5 Å². The van der Waals surface area contributed by atoms with Gasteiger partial charge in [0, 0.05) is 62.5 Å². The Balaban J connectivity index is 1.25. The van der Waals surface area contributed by atoms with Crippen LogP contribution in [0.15, 0.2) is 53.9 Å². The predicted molar refractivity (Wildman–Crippen MR) is 215 cm³/mol. The van der Waals surface area contributed by atoms with Crippen LogP contribution >= 0.6 is 11.3 Å². The molecule has 0 aliphatic carbocycles. The van der Waals surface area contributed by atoms with E-state index in [1.54, 1.807) is 11.3 Å². The molecule has 3 heterocycles. The highest BCUT2D eigenvalue weighted by Crippen LogP contribution is 2.33. The number of aliphatic hydroxyl groups excluding tert-OH is 1. The lowest BCUT2D eigenvalue weighted by Gasteiger charge is -2.43. The highest BCUT2D eigenvalue weighted by atomic mass is 32.1. The molecule has 0 radical (unpaired) electrons. The van der Waals surface area contributed by atoms with Crippen molar-refractivity contribution in [1.82, 2.24) is 30.7 Å². The maximum Gasteiger partial charge on any atom is 0.239 e. The summed E-state index contributed by atoms with van der Waals surface area (Å²) in [5.41, 5.74) is 2.50. The molecule has 0 unspecified atom stereocenters. The number of benzene rings is 2. The van der Waals surface area contributed by atoms with Gasteiger partial charge in [0.25, 0.3) is 0 Å². The zero-order chi connectivity index (χ0) is 39.7. The fourth-order valence-electron chi connectivity index (χ4n) is 6.93. The molecule has 300 valence electrons. The zero-order valence-electron chi connectivity index (χ0n) is 33.5. The molecular weight excluding hydrogens is 717 g/mol. The Bertz CT molecular complexity index is 1730. The van der Waals surface area contributed by atoms with Crippen molar-refractivity contribution < 1.29 is 29.0 Å². The van der Waals surface area contributed by atoms with Crippen molar-refractivity contribution in [2.45, 2.75) is 104 Å². The fraction of sp³-hybridized carbons (Fsp3) is 0.571. The van der Waals surface area contributed by atoms with Gasteiger partial charge in [0.2, 0.25) is 24.5 Å². The van der Waals surface area contributed by atoms with Gasteiger partial charge >= 0.3 is 0 Å². The standard InChI is InChI=1S/C42H60N6O6S/c1-27(2)32(21-43-38(50)16-14-31-25-55-41(44-31)28(3)4)39(51)45-33(19-29-11-9-8-10-12-29)35(49)24-48-18-17-47(23-34(48)40(52)46-42(5,6)7)22-30-13-15-36-37(20-30)54-26-53-36/h8-13,15,20,25,27-28,32-35,49H,14,16-19,21-24,26H2,1-7H3,(H,43,50)(H,45,51)(H,46,52)/t32-,33-,34-,35+/m1/s1. The van der Waals surface area contributed by atoms with Gasteiger partial charge in [-0.05, 0) is 62.8 Å². The minimum atomic E-state index is -0.981. The molecule has 0 saturated carbocycles. The van der Waals surface area contributed by atoms with Crippen molar-refractivity contribution >= 4 is 29.1 Å². The number of carbonyl (C=O) groups excluding carboxylic acids is 3. The van der Waals surface area contributed by atoms with Crippen LogP contribution in [0.1, 0.15) is 82.6 Å². The third-order valence-electron chi connectivity index (χ3n) is 10.1. The summed E-state index contributed by atoms with van der Waals surface area (Å²) in [5, 5.41) is 24.3. The summed E-state index contributed by atoms with van der Waals surface area (Å²) in [6.07, 6.45) is 0.253. The van der Waals surface area contributed by atoms with Crippen molar-refractivity contribution in [3.05, 3.63) is 75.7 Å². The Morgan fingerprint density at radius 3 is 2.44 bits per heavy atom. The van der Waals surface area contributed by atoms with E-state index in [9.17, 15) is 19.5 Å². The van der Waals surface area contributed by atoms with Crippen LogP contribution in [0.2, 0.25) is 0 Å². The molecule has 3 aromatic rings. The average molecular weight is 777 g/mol. The highest BCUT2D eigenvalue weighted by molar-refractivity contribution is 7.09. The van der Waals surface area contributed by atoms with Crippen LogP contribution in [-0.2, 0) is 33.8 Å². The maximum atomic E-state index is 14.0. The van der Waals surface area contributed by atoms with Crippen molar-refractivity contribution in [2.24, 2.45) is 11.8 Å². The van der Waals surface area contributed by atoms with Gasteiger partial charge in [-0.25, -0.2) is 4.98 Å². The fourth-order valence-corrected chi connectivity index (χ4v) is 7.80. The number of fused-ring (bicyclic) bond motifs is 1. The van der Waals surface area contributed by atoms with E-state index in [4.69, 9.17) is 9.47 Å². The van der Waals surface area contributed by atoms with Gasteiger partial charge in [0.15, 0.2) is 11.5 Å². The second-order valence-electron chi connectivity index (χ2n) is 16.5. The smallest absolute Gasteiger partial charge is 0.239 e. The van der Waals surface area contributed by atoms with E-state index in [-0.39, 0.29) is 49.9 Å². The number of aryl methyl sites for hydroxylation is 1. The third-order valence-corrected chi connectivity index (χ3v) is 11.3. The van der Waals surface area contributed by atoms with E-state index in [0.29, 0.717) is 44.9 Å². The number of rotatable bonds is 17. The molecule has 1 aromatic heterocycles. The first-order valence-electron chi connectivity index (χ1n) is 19.6. The molecule has 12 nitrogen and oxygen atoms in total. The quantitative estimate of drug-likeness (QED) is 0.156. The molecule has 4 atom stereocenters. The average Bonchev–Trinajstić information content (AvgIpc) is 3.81. The number of ether oxygens (including phenoxy) is 2. The monoisotopic (exact) mass is 776 g/mol. The van der Waals surface area contributed by atoms with Gasteiger partial charge in [0.1, 0.15) is 6.04 Å². The number of nitrogens with zero attached hydrogens (tertiary/aromatic N) is 3. The van der Waals surface area contributed by atoms with E-state index in [2.05, 4.69) is 39.7 Å². The lowest BCUT2D eigenvalue weighted by Crippen LogP contribution is -2.63. The largest absolute Gasteiger partial charge is 0.454 e. The van der Waals surface area contributed by atoms with Gasteiger partial charge in [0.05, 0.1) is 28.8 Å². The molecule has 2 aliphatic rings. The molecule has 0 bridgehead atoms. The summed E-state index contributed by atoms with van der Waals surface area (Å²) in [7, 11) is 0. The molecule has 3 amide bonds. The minimum Gasteiger partial charge on any atom is -0.454 e. The number of hydrogen-bond donors (Lipinski definition) is 4. The molecule has 2 aliphatic heterocycles. The Labute approximate surface area is 330 Å². The summed E-state index contributed by atoms with van der Waals surface area (Å²) >= 11 is 1.61. The number of amides is 3. The number of piperazine rings is 1. The van der Waals surface area contributed by atoms with E-state index in [1.807, 2.05) is 93.4 Å². The number of thiazole rings is 1. The van der Waals surface area contributed by atoms with Crippen LogP contribution in [0, 0.1) is 11.8 Å².